The van der Waals surface area contributed by atoms with Crippen molar-refractivity contribution in [3.05, 3.63) is 23.8 Å². The van der Waals surface area contributed by atoms with Crippen LogP contribution in [0.5, 0.6) is 5.75 Å². The van der Waals surface area contributed by atoms with Gasteiger partial charge in [-0.2, -0.15) is 0 Å². The van der Waals surface area contributed by atoms with E-state index in [1.54, 1.807) is 7.11 Å². The van der Waals surface area contributed by atoms with Gasteiger partial charge in [-0.3, -0.25) is 4.90 Å². The van der Waals surface area contributed by atoms with Crippen LogP contribution in [0.3, 0.4) is 0 Å². The van der Waals surface area contributed by atoms with E-state index in [-0.39, 0.29) is 6.61 Å². The molecule has 0 saturated carbocycles. The minimum absolute atomic E-state index is 0.263. The summed E-state index contributed by atoms with van der Waals surface area (Å²) in [5.74, 6) is 0.749. The Balaban J connectivity index is 1.69. The van der Waals surface area contributed by atoms with E-state index < -0.39 is 0 Å². The number of methoxy groups -OCH3 is 1. The van der Waals surface area contributed by atoms with Gasteiger partial charge in [-0.25, -0.2) is 0 Å². The van der Waals surface area contributed by atoms with Crippen LogP contribution in [0.25, 0.3) is 0 Å². The third kappa shape index (κ3) is 4.88. The monoisotopic (exact) mass is 293 g/mol. The molecule has 1 aliphatic rings. The van der Waals surface area contributed by atoms with Gasteiger partial charge in [0.15, 0.2) is 0 Å². The number of β-amino-alcohol motifs (C(OH)–C–C–N with tert-alkyl or cyclic N) is 1. The molecule has 0 radical (unpaired) electrons. The molecule has 5 nitrogen and oxygen atoms in total. The molecule has 21 heavy (non-hydrogen) atoms. The summed E-state index contributed by atoms with van der Waals surface area (Å²) >= 11 is 0. The van der Waals surface area contributed by atoms with Crippen molar-refractivity contribution in [3.8, 4) is 5.75 Å². The molecular weight excluding hydrogens is 266 g/mol. The number of anilines is 1. The van der Waals surface area contributed by atoms with Crippen LogP contribution in [0.4, 0.5) is 5.69 Å². The normalized spacial score (nSPS) is 17.0. The molecule has 0 atom stereocenters. The van der Waals surface area contributed by atoms with E-state index in [0.29, 0.717) is 5.69 Å². The number of ether oxygens (including phenoxy) is 1. The third-order valence-corrected chi connectivity index (χ3v) is 4.12. The minimum Gasteiger partial charge on any atom is -0.495 e. The van der Waals surface area contributed by atoms with Crippen molar-refractivity contribution in [2.75, 3.05) is 58.7 Å². The summed E-state index contributed by atoms with van der Waals surface area (Å²) in [4.78, 5) is 4.82. The van der Waals surface area contributed by atoms with Crippen molar-refractivity contribution in [3.63, 3.8) is 0 Å². The molecule has 0 amide bonds. The number of aliphatic hydroxyl groups is 1. The van der Waals surface area contributed by atoms with E-state index in [1.807, 2.05) is 12.1 Å². The van der Waals surface area contributed by atoms with Gasteiger partial charge in [0, 0.05) is 32.7 Å². The standard InChI is InChI=1S/C16H27N3O2/c1-21-16-5-4-14(13-15(16)17)3-2-6-18-7-9-19(10-8-18)11-12-20/h4-5,13,20H,2-3,6-12,17H2,1H3. The topological polar surface area (TPSA) is 62.0 Å². The number of aliphatic hydroxyl groups excluding tert-OH is 1. The molecule has 1 heterocycles. The molecule has 1 aliphatic heterocycles. The fourth-order valence-corrected chi connectivity index (χ4v) is 2.82. The van der Waals surface area contributed by atoms with Crippen LogP contribution in [0.2, 0.25) is 0 Å². The Bertz CT molecular complexity index is 432. The Morgan fingerprint density at radius 1 is 1.14 bits per heavy atom. The second kappa shape index (κ2) is 8.22. The van der Waals surface area contributed by atoms with E-state index in [2.05, 4.69) is 15.9 Å². The number of hydrogen-bond acceptors (Lipinski definition) is 5. The highest BCUT2D eigenvalue weighted by Gasteiger charge is 2.15. The molecule has 0 bridgehead atoms. The summed E-state index contributed by atoms with van der Waals surface area (Å²) < 4.78 is 5.17. The lowest BCUT2D eigenvalue weighted by atomic mass is 10.1. The number of nitrogen functional groups attached to an aromatic ring is 1. The first-order chi connectivity index (χ1) is 10.2. The average Bonchev–Trinajstić information content (AvgIpc) is 2.49. The summed E-state index contributed by atoms with van der Waals surface area (Å²) in [6, 6.07) is 6.05. The molecule has 1 saturated heterocycles. The molecule has 1 aromatic carbocycles. The maximum absolute atomic E-state index is 8.94. The zero-order valence-electron chi connectivity index (χ0n) is 12.9. The van der Waals surface area contributed by atoms with Crippen LogP contribution in [0.15, 0.2) is 18.2 Å². The molecule has 0 aromatic heterocycles. The van der Waals surface area contributed by atoms with E-state index in [9.17, 15) is 0 Å². The predicted molar refractivity (Wildman–Crippen MR) is 85.7 cm³/mol. The van der Waals surface area contributed by atoms with Crippen molar-refractivity contribution in [2.45, 2.75) is 12.8 Å². The first kappa shape index (κ1) is 16.1. The SMILES string of the molecule is COc1ccc(CCCN2CCN(CCO)CC2)cc1N. The number of benzene rings is 1. The highest BCUT2D eigenvalue weighted by atomic mass is 16.5. The zero-order valence-corrected chi connectivity index (χ0v) is 12.9. The van der Waals surface area contributed by atoms with E-state index >= 15 is 0 Å². The molecule has 1 aromatic rings. The maximum atomic E-state index is 8.94. The Hall–Kier alpha value is -1.30. The average molecular weight is 293 g/mol. The number of rotatable bonds is 7. The highest BCUT2D eigenvalue weighted by molar-refractivity contribution is 5.54. The molecule has 0 spiro atoms. The predicted octanol–water partition coefficient (Wildman–Crippen LogP) is 0.820. The van der Waals surface area contributed by atoms with Crippen LogP contribution in [0, 0.1) is 0 Å². The van der Waals surface area contributed by atoms with Gasteiger partial charge in [-0.15, -0.1) is 0 Å². The number of piperazine rings is 1. The molecule has 118 valence electrons. The third-order valence-electron chi connectivity index (χ3n) is 4.12. The summed E-state index contributed by atoms with van der Waals surface area (Å²) in [5.41, 5.74) is 7.91. The van der Waals surface area contributed by atoms with Crippen LogP contribution in [-0.4, -0.2) is 67.9 Å². The van der Waals surface area contributed by atoms with Crippen LogP contribution < -0.4 is 10.5 Å². The molecule has 1 fully saturated rings. The number of hydrogen-bond donors (Lipinski definition) is 2. The lowest BCUT2D eigenvalue weighted by Crippen LogP contribution is -2.47. The Morgan fingerprint density at radius 3 is 2.38 bits per heavy atom. The zero-order chi connectivity index (χ0) is 15.1. The van der Waals surface area contributed by atoms with Crippen molar-refractivity contribution in [1.29, 1.82) is 0 Å². The molecular formula is C16H27N3O2. The quantitative estimate of drug-likeness (QED) is 0.729. The molecule has 0 aliphatic carbocycles. The van der Waals surface area contributed by atoms with Crippen molar-refractivity contribution >= 4 is 5.69 Å². The minimum atomic E-state index is 0.263. The van der Waals surface area contributed by atoms with Gasteiger partial charge in [-0.05, 0) is 37.1 Å². The summed E-state index contributed by atoms with van der Waals surface area (Å²) in [5, 5.41) is 8.94. The van der Waals surface area contributed by atoms with Crippen molar-refractivity contribution in [1.82, 2.24) is 9.80 Å². The summed E-state index contributed by atoms with van der Waals surface area (Å²) in [7, 11) is 1.64. The van der Waals surface area contributed by atoms with Gasteiger partial charge in [0.25, 0.3) is 0 Å². The first-order valence-electron chi connectivity index (χ1n) is 7.71. The lowest BCUT2D eigenvalue weighted by Gasteiger charge is -2.34. The van der Waals surface area contributed by atoms with Crippen LogP contribution in [-0.2, 0) is 6.42 Å². The summed E-state index contributed by atoms with van der Waals surface area (Å²) in [6.45, 7) is 6.53. The number of nitrogens with two attached hydrogens (primary N) is 1. The largest absolute Gasteiger partial charge is 0.495 e. The highest BCUT2D eigenvalue weighted by Crippen LogP contribution is 2.22. The molecule has 2 rings (SSSR count). The van der Waals surface area contributed by atoms with E-state index in [0.717, 1.165) is 57.9 Å². The summed E-state index contributed by atoms with van der Waals surface area (Å²) in [6.07, 6.45) is 2.19. The van der Waals surface area contributed by atoms with Crippen LogP contribution >= 0.6 is 0 Å². The van der Waals surface area contributed by atoms with Crippen molar-refractivity contribution < 1.29 is 9.84 Å². The van der Waals surface area contributed by atoms with E-state index in [4.69, 9.17) is 15.6 Å². The number of nitrogens with zero attached hydrogens (tertiary/aromatic N) is 2. The number of aryl methyl sites for hydroxylation is 1. The van der Waals surface area contributed by atoms with Crippen LogP contribution in [0.1, 0.15) is 12.0 Å². The smallest absolute Gasteiger partial charge is 0.141 e. The molecule has 3 N–H and O–H groups in total. The maximum Gasteiger partial charge on any atom is 0.141 e. The van der Waals surface area contributed by atoms with E-state index in [1.165, 1.54) is 5.56 Å². The lowest BCUT2D eigenvalue weighted by molar-refractivity contribution is 0.112. The molecule has 5 heteroatoms. The Kier molecular flexibility index (Phi) is 6.29. The molecule has 0 unspecified atom stereocenters. The first-order valence-corrected chi connectivity index (χ1v) is 7.71. The van der Waals surface area contributed by atoms with Gasteiger partial charge < -0.3 is 20.5 Å². The van der Waals surface area contributed by atoms with Gasteiger partial charge in [0.1, 0.15) is 5.75 Å². The second-order valence-electron chi connectivity index (χ2n) is 5.59. The van der Waals surface area contributed by atoms with Crippen molar-refractivity contribution in [2.24, 2.45) is 0 Å². The fourth-order valence-electron chi connectivity index (χ4n) is 2.82. The Labute approximate surface area is 127 Å². The fraction of sp³-hybridized carbons (Fsp3) is 0.625. The Morgan fingerprint density at radius 2 is 1.81 bits per heavy atom. The van der Waals surface area contributed by atoms with Gasteiger partial charge in [0.05, 0.1) is 19.4 Å². The van der Waals surface area contributed by atoms with Gasteiger partial charge >= 0.3 is 0 Å². The van der Waals surface area contributed by atoms with Gasteiger partial charge in [-0.1, -0.05) is 6.07 Å². The van der Waals surface area contributed by atoms with Gasteiger partial charge in [0.2, 0.25) is 0 Å². The second-order valence-corrected chi connectivity index (χ2v) is 5.59.